The van der Waals surface area contributed by atoms with Crippen LogP contribution in [0.3, 0.4) is 0 Å². The molecule has 0 saturated heterocycles. The van der Waals surface area contributed by atoms with Gasteiger partial charge in [-0.05, 0) is 68.3 Å². The summed E-state index contributed by atoms with van der Waals surface area (Å²) in [5.41, 5.74) is 4.10. The summed E-state index contributed by atoms with van der Waals surface area (Å²) in [6.07, 6.45) is 16.0. The van der Waals surface area contributed by atoms with E-state index < -0.39 is 0 Å². The SMILES string of the molecule is CCCC(=CCCCNCCCCc1cncnc1)c1ccccc1. The monoisotopic (exact) mass is 337 g/mol. The summed E-state index contributed by atoms with van der Waals surface area (Å²) in [4.78, 5) is 8.10. The standard InChI is InChI=1S/C22H31N3/c1-2-10-21(22-12-4-3-5-13-22)14-7-9-16-23-15-8-6-11-20-17-24-19-25-18-20/h3-5,12-14,17-19,23H,2,6-11,15-16H2,1H3. The Morgan fingerprint density at radius 1 is 1.00 bits per heavy atom. The molecular weight excluding hydrogens is 306 g/mol. The van der Waals surface area contributed by atoms with Crippen molar-refractivity contribution < 1.29 is 0 Å². The van der Waals surface area contributed by atoms with Crippen molar-refractivity contribution >= 4 is 5.57 Å². The third kappa shape index (κ3) is 8.08. The van der Waals surface area contributed by atoms with Gasteiger partial charge in [-0.2, -0.15) is 0 Å². The number of nitrogens with one attached hydrogen (secondary N) is 1. The zero-order chi connectivity index (χ0) is 17.6. The molecule has 2 rings (SSSR count). The zero-order valence-electron chi connectivity index (χ0n) is 15.5. The second-order valence-electron chi connectivity index (χ2n) is 6.44. The molecule has 0 aliphatic rings. The summed E-state index contributed by atoms with van der Waals surface area (Å²) in [6, 6.07) is 10.8. The van der Waals surface area contributed by atoms with E-state index in [0.29, 0.717) is 0 Å². The van der Waals surface area contributed by atoms with Crippen LogP contribution in [0.15, 0.2) is 55.1 Å². The van der Waals surface area contributed by atoms with E-state index in [1.165, 1.54) is 48.8 Å². The van der Waals surface area contributed by atoms with Gasteiger partial charge in [0.05, 0.1) is 0 Å². The van der Waals surface area contributed by atoms with Gasteiger partial charge in [0.25, 0.3) is 0 Å². The third-order valence-electron chi connectivity index (χ3n) is 4.30. The lowest BCUT2D eigenvalue weighted by Gasteiger charge is -2.07. The lowest BCUT2D eigenvalue weighted by molar-refractivity contribution is 0.606. The Balaban J connectivity index is 1.56. The van der Waals surface area contributed by atoms with Crippen molar-refractivity contribution in [1.82, 2.24) is 15.3 Å². The number of nitrogens with zero attached hydrogens (tertiary/aromatic N) is 2. The molecule has 0 bridgehead atoms. The first-order valence-corrected chi connectivity index (χ1v) is 9.59. The number of unbranched alkanes of at least 4 members (excludes halogenated alkanes) is 2. The van der Waals surface area contributed by atoms with Gasteiger partial charge in [-0.3, -0.25) is 0 Å². The van der Waals surface area contributed by atoms with Gasteiger partial charge >= 0.3 is 0 Å². The molecule has 0 atom stereocenters. The van der Waals surface area contributed by atoms with Crippen LogP contribution in [0.25, 0.3) is 5.57 Å². The number of benzene rings is 1. The highest BCUT2D eigenvalue weighted by atomic mass is 14.8. The van der Waals surface area contributed by atoms with Crippen molar-refractivity contribution in [2.24, 2.45) is 0 Å². The molecule has 0 unspecified atom stereocenters. The Bertz CT molecular complexity index is 593. The first-order valence-electron chi connectivity index (χ1n) is 9.59. The maximum atomic E-state index is 4.05. The molecule has 0 radical (unpaired) electrons. The largest absolute Gasteiger partial charge is 0.317 e. The topological polar surface area (TPSA) is 37.8 Å². The highest BCUT2D eigenvalue weighted by Crippen LogP contribution is 2.20. The van der Waals surface area contributed by atoms with Gasteiger partial charge in [0.1, 0.15) is 6.33 Å². The minimum atomic E-state index is 1.07. The van der Waals surface area contributed by atoms with Crippen molar-refractivity contribution in [2.75, 3.05) is 13.1 Å². The maximum Gasteiger partial charge on any atom is 0.115 e. The smallest absolute Gasteiger partial charge is 0.115 e. The molecule has 0 aliphatic heterocycles. The van der Waals surface area contributed by atoms with Gasteiger partial charge < -0.3 is 5.32 Å². The minimum Gasteiger partial charge on any atom is -0.317 e. The van der Waals surface area contributed by atoms with Gasteiger partial charge in [0.2, 0.25) is 0 Å². The Morgan fingerprint density at radius 3 is 2.52 bits per heavy atom. The molecule has 0 saturated carbocycles. The van der Waals surface area contributed by atoms with Gasteiger partial charge in [0.15, 0.2) is 0 Å². The Morgan fingerprint density at radius 2 is 1.76 bits per heavy atom. The van der Waals surface area contributed by atoms with Crippen LogP contribution < -0.4 is 5.32 Å². The number of rotatable bonds is 12. The van der Waals surface area contributed by atoms with Crippen molar-refractivity contribution in [3.05, 3.63) is 66.3 Å². The van der Waals surface area contributed by atoms with E-state index in [2.05, 4.69) is 58.6 Å². The summed E-state index contributed by atoms with van der Waals surface area (Å²) in [7, 11) is 0. The van der Waals surface area contributed by atoms with Crippen LogP contribution in [0.1, 0.15) is 56.6 Å². The second-order valence-corrected chi connectivity index (χ2v) is 6.44. The van der Waals surface area contributed by atoms with E-state index >= 15 is 0 Å². The van der Waals surface area contributed by atoms with Crippen LogP contribution in [0.5, 0.6) is 0 Å². The summed E-state index contributed by atoms with van der Waals surface area (Å²) in [5.74, 6) is 0. The van der Waals surface area contributed by atoms with E-state index in [1.54, 1.807) is 6.33 Å². The van der Waals surface area contributed by atoms with Crippen LogP contribution in [0.2, 0.25) is 0 Å². The first-order chi connectivity index (χ1) is 12.4. The van der Waals surface area contributed by atoms with E-state index in [4.69, 9.17) is 0 Å². The van der Waals surface area contributed by atoms with Gasteiger partial charge in [-0.1, -0.05) is 49.8 Å². The Hall–Kier alpha value is -2.00. The number of allylic oxidation sites excluding steroid dienone is 2. The molecule has 2 aromatic rings. The molecule has 0 spiro atoms. The summed E-state index contributed by atoms with van der Waals surface area (Å²) >= 11 is 0. The normalized spacial score (nSPS) is 11.6. The number of aromatic nitrogens is 2. The highest BCUT2D eigenvalue weighted by Gasteiger charge is 1.99. The van der Waals surface area contributed by atoms with E-state index in [1.807, 2.05) is 12.4 Å². The number of hydrogen-bond donors (Lipinski definition) is 1. The summed E-state index contributed by atoms with van der Waals surface area (Å²) in [5, 5.41) is 3.56. The molecule has 0 amide bonds. The van der Waals surface area contributed by atoms with E-state index in [9.17, 15) is 0 Å². The van der Waals surface area contributed by atoms with Gasteiger partial charge in [-0.25, -0.2) is 9.97 Å². The molecular formula is C22H31N3. The minimum absolute atomic E-state index is 1.07. The fourth-order valence-corrected chi connectivity index (χ4v) is 2.95. The molecule has 3 nitrogen and oxygen atoms in total. The average molecular weight is 338 g/mol. The average Bonchev–Trinajstić information content (AvgIpc) is 2.67. The number of aryl methyl sites for hydroxylation is 1. The molecule has 1 aromatic carbocycles. The zero-order valence-corrected chi connectivity index (χ0v) is 15.5. The number of hydrogen-bond acceptors (Lipinski definition) is 3. The van der Waals surface area contributed by atoms with E-state index in [0.717, 1.165) is 25.9 Å². The first kappa shape index (κ1) is 19.3. The molecule has 1 aromatic heterocycles. The molecule has 3 heteroatoms. The third-order valence-corrected chi connectivity index (χ3v) is 4.30. The molecule has 0 aliphatic carbocycles. The van der Waals surface area contributed by atoms with Gasteiger partial charge in [0, 0.05) is 12.4 Å². The molecule has 25 heavy (non-hydrogen) atoms. The van der Waals surface area contributed by atoms with Crippen LogP contribution in [-0.4, -0.2) is 23.1 Å². The quantitative estimate of drug-likeness (QED) is 0.551. The molecule has 0 fully saturated rings. The Labute approximate surface area is 152 Å². The predicted octanol–water partition coefficient (Wildman–Crippen LogP) is 5.05. The molecule has 134 valence electrons. The summed E-state index contributed by atoms with van der Waals surface area (Å²) < 4.78 is 0. The predicted molar refractivity (Wildman–Crippen MR) is 106 cm³/mol. The molecule has 1 heterocycles. The van der Waals surface area contributed by atoms with Crippen LogP contribution in [0, 0.1) is 0 Å². The Kier molecular flexibility index (Phi) is 9.57. The fourth-order valence-electron chi connectivity index (χ4n) is 2.95. The second kappa shape index (κ2) is 12.4. The van der Waals surface area contributed by atoms with Crippen molar-refractivity contribution in [1.29, 1.82) is 0 Å². The van der Waals surface area contributed by atoms with Crippen molar-refractivity contribution in [3.8, 4) is 0 Å². The van der Waals surface area contributed by atoms with Crippen LogP contribution in [-0.2, 0) is 6.42 Å². The highest BCUT2D eigenvalue weighted by molar-refractivity contribution is 5.65. The summed E-state index contributed by atoms with van der Waals surface area (Å²) in [6.45, 7) is 4.44. The lowest BCUT2D eigenvalue weighted by atomic mass is 10.00. The molecule has 1 N–H and O–H groups in total. The van der Waals surface area contributed by atoms with Crippen LogP contribution >= 0.6 is 0 Å². The van der Waals surface area contributed by atoms with Gasteiger partial charge in [-0.15, -0.1) is 0 Å². The lowest BCUT2D eigenvalue weighted by Crippen LogP contribution is -2.16. The maximum absolute atomic E-state index is 4.05. The van der Waals surface area contributed by atoms with E-state index in [-0.39, 0.29) is 0 Å². The van der Waals surface area contributed by atoms with Crippen LogP contribution in [0.4, 0.5) is 0 Å². The fraction of sp³-hybridized carbons (Fsp3) is 0.455. The van der Waals surface area contributed by atoms with Crippen molar-refractivity contribution in [2.45, 2.75) is 51.9 Å². The van der Waals surface area contributed by atoms with Crippen molar-refractivity contribution in [3.63, 3.8) is 0 Å².